The third kappa shape index (κ3) is 3.07. The highest BCUT2D eigenvalue weighted by Crippen LogP contribution is 2.66. The Morgan fingerprint density at radius 1 is 1.13 bits per heavy atom. The maximum absolute atomic E-state index is 14.5. The zero-order valence-corrected chi connectivity index (χ0v) is 21.7. The zero-order valence-electron chi connectivity index (χ0n) is 21.7. The quantitative estimate of drug-likeness (QED) is 0.439. The molecule has 1 saturated carbocycles. The number of halogens is 3. The van der Waals surface area contributed by atoms with Crippen molar-refractivity contribution in [2.45, 2.75) is 57.9 Å². The molecule has 3 heterocycles. The van der Waals surface area contributed by atoms with Gasteiger partial charge >= 0.3 is 12.1 Å². The van der Waals surface area contributed by atoms with E-state index in [9.17, 15) is 22.8 Å². The van der Waals surface area contributed by atoms with E-state index >= 15 is 0 Å². The van der Waals surface area contributed by atoms with Gasteiger partial charge < -0.3 is 19.4 Å². The Morgan fingerprint density at radius 3 is 2.53 bits per heavy atom. The van der Waals surface area contributed by atoms with Gasteiger partial charge in [-0.3, -0.25) is 9.59 Å². The number of aromatic nitrogens is 1. The molecule has 38 heavy (non-hydrogen) atoms. The number of rotatable bonds is 3. The van der Waals surface area contributed by atoms with Gasteiger partial charge in [-0.2, -0.15) is 13.2 Å². The first kappa shape index (κ1) is 24.8. The third-order valence-electron chi connectivity index (χ3n) is 9.55. The molecule has 1 amide bonds. The van der Waals surface area contributed by atoms with Crippen molar-refractivity contribution in [3.63, 3.8) is 0 Å². The predicted octanol–water partition coefficient (Wildman–Crippen LogP) is 5.79. The van der Waals surface area contributed by atoms with Gasteiger partial charge in [0, 0.05) is 28.6 Å². The molecule has 3 atom stereocenters. The van der Waals surface area contributed by atoms with Crippen molar-refractivity contribution in [1.29, 1.82) is 0 Å². The lowest BCUT2D eigenvalue weighted by atomic mass is 9.66. The predicted molar refractivity (Wildman–Crippen MR) is 133 cm³/mol. The number of ether oxygens (including phenoxy) is 2. The number of hydrogen-bond donors (Lipinski definition) is 1. The molecular weight excluding hydrogens is 497 g/mol. The Hall–Kier alpha value is -3.49. The average molecular weight is 527 g/mol. The fraction of sp³-hybridized carbons (Fsp3) is 0.448. The molecule has 0 spiro atoms. The second kappa shape index (κ2) is 7.77. The van der Waals surface area contributed by atoms with Gasteiger partial charge in [-0.1, -0.05) is 26.0 Å². The Morgan fingerprint density at radius 2 is 1.89 bits per heavy atom. The Labute approximate surface area is 218 Å². The van der Waals surface area contributed by atoms with Crippen LogP contribution in [0.25, 0.3) is 10.9 Å². The number of esters is 1. The van der Waals surface area contributed by atoms with Crippen molar-refractivity contribution in [3.8, 4) is 5.75 Å². The first-order valence-electron chi connectivity index (χ1n) is 12.7. The van der Waals surface area contributed by atoms with E-state index in [0.29, 0.717) is 36.3 Å². The first-order chi connectivity index (χ1) is 17.8. The number of carbonyl (C=O) groups is 2. The fourth-order valence-electron chi connectivity index (χ4n) is 6.80. The fourth-order valence-corrected chi connectivity index (χ4v) is 6.80. The number of carbonyl (C=O) groups excluding carboxylic acids is 2. The molecule has 3 aromatic rings. The second-order valence-electron chi connectivity index (χ2n) is 11.4. The molecule has 0 radical (unpaired) electrons. The summed E-state index contributed by atoms with van der Waals surface area (Å²) in [6, 6.07) is 9.87. The molecule has 9 heteroatoms. The van der Waals surface area contributed by atoms with Crippen LogP contribution in [0.1, 0.15) is 62.0 Å². The molecule has 2 aliphatic heterocycles. The average Bonchev–Trinajstić information content (AvgIpc) is 3.40. The van der Waals surface area contributed by atoms with Crippen LogP contribution in [0.2, 0.25) is 0 Å². The molecular formula is C29H29F3N2O4. The topological polar surface area (TPSA) is 71.6 Å². The van der Waals surface area contributed by atoms with Gasteiger partial charge in [0.2, 0.25) is 0 Å². The van der Waals surface area contributed by atoms with E-state index in [0.717, 1.165) is 28.6 Å². The molecule has 6 rings (SSSR count). The van der Waals surface area contributed by atoms with E-state index in [1.807, 2.05) is 39.0 Å². The van der Waals surface area contributed by atoms with E-state index in [1.165, 1.54) is 6.07 Å². The maximum Gasteiger partial charge on any atom is 0.416 e. The van der Waals surface area contributed by atoms with Crippen molar-refractivity contribution in [3.05, 3.63) is 64.8 Å². The minimum absolute atomic E-state index is 0.267. The number of aromatic amines is 1. The molecule has 1 aliphatic carbocycles. The number of amides is 1. The number of benzene rings is 2. The molecule has 0 unspecified atom stereocenters. The summed E-state index contributed by atoms with van der Waals surface area (Å²) >= 11 is 0. The van der Waals surface area contributed by atoms with Gasteiger partial charge in [-0.25, -0.2) is 0 Å². The summed E-state index contributed by atoms with van der Waals surface area (Å²) in [6.07, 6.45) is -3.15. The number of nitrogens with one attached hydrogen (secondary N) is 1. The number of fused-ring (bicyclic) bond motifs is 5. The Bertz CT molecular complexity index is 1490. The lowest BCUT2D eigenvalue weighted by Crippen LogP contribution is -2.57. The SMILES string of the molecule is COc1ccc2[nH]c3c(c2c1)CCN(C(=O)[C@@]12CC[C@@](C)(C(=O)O1)C2(C)C)[C@H]3c1cccc(C(F)(F)F)c1. The van der Waals surface area contributed by atoms with Crippen molar-refractivity contribution < 1.29 is 32.2 Å². The molecule has 1 N–H and O–H groups in total. The maximum atomic E-state index is 14.5. The number of hydrogen-bond acceptors (Lipinski definition) is 4. The van der Waals surface area contributed by atoms with Crippen molar-refractivity contribution in [2.75, 3.05) is 13.7 Å². The van der Waals surface area contributed by atoms with Crippen LogP contribution in [0.15, 0.2) is 42.5 Å². The minimum atomic E-state index is -4.54. The van der Waals surface area contributed by atoms with Gasteiger partial charge in [0.25, 0.3) is 5.91 Å². The number of methoxy groups -OCH3 is 1. The van der Waals surface area contributed by atoms with E-state index < -0.39 is 40.2 Å². The summed E-state index contributed by atoms with van der Waals surface area (Å²) in [5.74, 6) is -0.0910. The largest absolute Gasteiger partial charge is 0.497 e. The summed E-state index contributed by atoms with van der Waals surface area (Å²) in [5.41, 5.74) is -0.993. The lowest BCUT2D eigenvalue weighted by molar-refractivity contribution is -0.175. The highest BCUT2D eigenvalue weighted by Gasteiger charge is 2.76. The normalized spacial score (nSPS) is 27.9. The minimum Gasteiger partial charge on any atom is -0.497 e. The van der Waals surface area contributed by atoms with Crippen LogP contribution in [0.3, 0.4) is 0 Å². The standard InChI is InChI=1S/C29H29F3N2O4/c1-26(2)27(3)11-12-28(26,38-25(27)36)24(35)34-13-10-19-20-15-18(37-4)8-9-21(20)33-22(19)23(34)16-6-5-7-17(14-16)29(30,31)32/h5-9,14-15,23,33H,10-13H2,1-4H3/t23-,27-,28+/m0/s1. The van der Waals surface area contributed by atoms with Crippen LogP contribution in [0.4, 0.5) is 13.2 Å². The van der Waals surface area contributed by atoms with E-state index in [1.54, 1.807) is 18.1 Å². The highest BCUT2D eigenvalue weighted by molar-refractivity contribution is 5.97. The molecule has 2 aromatic carbocycles. The van der Waals surface area contributed by atoms with E-state index in [2.05, 4.69) is 4.98 Å². The summed E-state index contributed by atoms with van der Waals surface area (Å²) in [6.45, 7) is 5.86. The molecule has 2 bridgehead atoms. The van der Waals surface area contributed by atoms with Gasteiger partial charge in [-0.15, -0.1) is 0 Å². The Kier molecular flexibility index (Phi) is 5.08. The smallest absolute Gasteiger partial charge is 0.416 e. The summed E-state index contributed by atoms with van der Waals surface area (Å²) < 4.78 is 52.5. The molecule has 200 valence electrons. The molecule has 1 aromatic heterocycles. The van der Waals surface area contributed by atoms with Gasteiger partial charge in [0.1, 0.15) is 5.75 Å². The van der Waals surface area contributed by atoms with Gasteiger partial charge in [0.15, 0.2) is 5.60 Å². The molecule has 3 aliphatic rings. The van der Waals surface area contributed by atoms with Crippen LogP contribution in [-0.4, -0.2) is 41.0 Å². The van der Waals surface area contributed by atoms with E-state index in [4.69, 9.17) is 9.47 Å². The summed E-state index contributed by atoms with van der Waals surface area (Å²) in [7, 11) is 1.57. The summed E-state index contributed by atoms with van der Waals surface area (Å²) in [5, 5.41) is 0.905. The van der Waals surface area contributed by atoms with Crippen LogP contribution < -0.4 is 4.74 Å². The van der Waals surface area contributed by atoms with Gasteiger partial charge in [0.05, 0.1) is 24.1 Å². The van der Waals surface area contributed by atoms with Gasteiger partial charge in [-0.05, 0) is 67.6 Å². The van der Waals surface area contributed by atoms with Crippen LogP contribution >= 0.6 is 0 Å². The van der Waals surface area contributed by atoms with Crippen molar-refractivity contribution >= 4 is 22.8 Å². The van der Waals surface area contributed by atoms with Crippen molar-refractivity contribution in [2.24, 2.45) is 10.8 Å². The van der Waals surface area contributed by atoms with E-state index in [-0.39, 0.29) is 12.5 Å². The molecule has 1 saturated heterocycles. The molecule has 2 fully saturated rings. The van der Waals surface area contributed by atoms with Crippen molar-refractivity contribution in [1.82, 2.24) is 9.88 Å². The Balaban J connectivity index is 1.53. The lowest BCUT2D eigenvalue weighted by Gasteiger charge is -2.43. The van der Waals surface area contributed by atoms with Crippen LogP contribution in [-0.2, 0) is 26.9 Å². The monoisotopic (exact) mass is 526 g/mol. The van der Waals surface area contributed by atoms with Crippen LogP contribution in [0.5, 0.6) is 5.75 Å². The highest BCUT2D eigenvalue weighted by atomic mass is 19.4. The number of alkyl halides is 3. The number of H-pyrrole nitrogens is 1. The summed E-state index contributed by atoms with van der Waals surface area (Å²) in [4.78, 5) is 32.4. The zero-order chi connectivity index (χ0) is 27.3. The second-order valence-corrected chi connectivity index (χ2v) is 11.4. The first-order valence-corrected chi connectivity index (χ1v) is 12.7. The number of nitrogens with zero attached hydrogens (tertiary/aromatic N) is 1. The third-order valence-corrected chi connectivity index (χ3v) is 9.55. The molecule has 6 nitrogen and oxygen atoms in total. The van der Waals surface area contributed by atoms with Crippen LogP contribution in [0, 0.1) is 10.8 Å².